The van der Waals surface area contributed by atoms with Gasteiger partial charge in [0.2, 0.25) is 17.6 Å². The van der Waals surface area contributed by atoms with E-state index in [1.807, 2.05) is 18.2 Å². The van der Waals surface area contributed by atoms with Crippen molar-refractivity contribution in [2.45, 2.75) is 39.2 Å². The van der Waals surface area contributed by atoms with Crippen LogP contribution in [0.25, 0.3) is 11.4 Å². The molecule has 1 aromatic heterocycles. The Hall–Kier alpha value is -3.06. The van der Waals surface area contributed by atoms with E-state index in [-0.39, 0.29) is 17.6 Å². The fourth-order valence-electron chi connectivity index (χ4n) is 3.93. The van der Waals surface area contributed by atoms with Gasteiger partial charge in [0.1, 0.15) is 5.82 Å². The summed E-state index contributed by atoms with van der Waals surface area (Å²) in [7, 11) is 0. The Labute approximate surface area is 181 Å². The van der Waals surface area contributed by atoms with Gasteiger partial charge in [-0.3, -0.25) is 9.69 Å². The van der Waals surface area contributed by atoms with E-state index < -0.39 is 0 Å². The molecule has 2 aromatic carbocycles. The highest BCUT2D eigenvalue weighted by Gasteiger charge is 2.26. The van der Waals surface area contributed by atoms with Gasteiger partial charge in [-0.25, -0.2) is 4.39 Å². The zero-order chi connectivity index (χ0) is 21.8. The molecule has 0 unspecified atom stereocenters. The van der Waals surface area contributed by atoms with Gasteiger partial charge in [0.05, 0.1) is 6.54 Å². The quantitative estimate of drug-likeness (QED) is 0.615. The molecule has 3 aromatic rings. The number of para-hydroxylation sites is 1. The number of nitrogens with zero attached hydrogens (tertiary/aromatic N) is 3. The molecule has 1 aliphatic rings. The Morgan fingerprint density at radius 2 is 1.87 bits per heavy atom. The molecule has 1 N–H and O–H groups in total. The molecule has 6 nitrogen and oxygen atoms in total. The van der Waals surface area contributed by atoms with Crippen molar-refractivity contribution in [1.29, 1.82) is 0 Å². The molecule has 0 radical (unpaired) electrons. The molecule has 1 fully saturated rings. The minimum Gasteiger partial charge on any atom is -0.338 e. The number of hydrogen-bond donors (Lipinski definition) is 1. The van der Waals surface area contributed by atoms with E-state index in [1.54, 1.807) is 12.1 Å². The maximum Gasteiger partial charge on any atom is 0.241 e. The van der Waals surface area contributed by atoms with Gasteiger partial charge >= 0.3 is 0 Å². The standard InChI is InChI=1S/C24H27FN4O2/c1-16(2)20-5-3-4-6-21(20)26-24(30)18-11-13-29(14-12-18)15-22-27-23(28-31-22)17-7-9-19(25)10-8-17/h3-10,16,18H,11-15H2,1-2H3,(H,26,30). The van der Waals surface area contributed by atoms with Crippen LogP contribution in [0, 0.1) is 11.7 Å². The summed E-state index contributed by atoms with van der Waals surface area (Å²) in [6.07, 6.45) is 1.57. The molecule has 4 rings (SSSR count). The third-order valence-electron chi connectivity index (χ3n) is 5.73. The summed E-state index contributed by atoms with van der Waals surface area (Å²) in [5, 5.41) is 7.12. The fraction of sp³-hybridized carbons (Fsp3) is 0.375. The summed E-state index contributed by atoms with van der Waals surface area (Å²) in [4.78, 5) is 19.4. The zero-order valence-corrected chi connectivity index (χ0v) is 17.8. The van der Waals surface area contributed by atoms with Gasteiger partial charge in [-0.05, 0) is 67.7 Å². The number of rotatable bonds is 6. The van der Waals surface area contributed by atoms with E-state index in [2.05, 4.69) is 40.3 Å². The molecule has 0 spiro atoms. The second-order valence-corrected chi connectivity index (χ2v) is 8.30. The van der Waals surface area contributed by atoms with Crippen molar-refractivity contribution in [3.63, 3.8) is 0 Å². The summed E-state index contributed by atoms with van der Waals surface area (Å²) in [6, 6.07) is 14.0. The lowest BCUT2D eigenvalue weighted by Gasteiger charge is -2.30. The van der Waals surface area contributed by atoms with Crippen molar-refractivity contribution in [2.75, 3.05) is 18.4 Å². The van der Waals surface area contributed by atoms with Crippen molar-refractivity contribution in [3.05, 3.63) is 65.8 Å². The predicted octanol–water partition coefficient (Wildman–Crippen LogP) is 4.85. The molecule has 0 bridgehead atoms. The summed E-state index contributed by atoms with van der Waals surface area (Å²) in [5.41, 5.74) is 2.78. The molecule has 31 heavy (non-hydrogen) atoms. The predicted molar refractivity (Wildman–Crippen MR) is 117 cm³/mol. The van der Waals surface area contributed by atoms with Gasteiger partial charge in [0.15, 0.2) is 0 Å². The van der Waals surface area contributed by atoms with Crippen LogP contribution in [0.5, 0.6) is 0 Å². The van der Waals surface area contributed by atoms with E-state index in [1.165, 1.54) is 12.1 Å². The minimum atomic E-state index is -0.299. The highest BCUT2D eigenvalue weighted by atomic mass is 19.1. The third-order valence-corrected chi connectivity index (χ3v) is 5.73. The maximum absolute atomic E-state index is 13.1. The van der Waals surface area contributed by atoms with Gasteiger partial charge in [-0.15, -0.1) is 0 Å². The monoisotopic (exact) mass is 422 g/mol. The van der Waals surface area contributed by atoms with Gasteiger partial charge < -0.3 is 9.84 Å². The van der Waals surface area contributed by atoms with E-state index in [0.29, 0.717) is 29.7 Å². The van der Waals surface area contributed by atoms with Crippen LogP contribution in [0.4, 0.5) is 10.1 Å². The molecule has 0 saturated carbocycles. The van der Waals surface area contributed by atoms with Gasteiger partial charge in [0, 0.05) is 17.2 Å². The largest absolute Gasteiger partial charge is 0.338 e. The highest BCUT2D eigenvalue weighted by molar-refractivity contribution is 5.93. The molecule has 1 amide bonds. The number of benzene rings is 2. The van der Waals surface area contributed by atoms with Crippen molar-refractivity contribution in [2.24, 2.45) is 5.92 Å². The zero-order valence-electron chi connectivity index (χ0n) is 17.8. The highest BCUT2D eigenvalue weighted by Crippen LogP contribution is 2.26. The second-order valence-electron chi connectivity index (χ2n) is 8.30. The molecule has 2 heterocycles. The molecule has 0 atom stereocenters. The molecular formula is C24H27FN4O2. The van der Waals surface area contributed by atoms with E-state index in [9.17, 15) is 9.18 Å². The third kappa shape index (κ3) is 5.17. The van der Waals surface area contributed by atoms with Crippen LogP contribution in [-0.4, -0.2) is 34.0 Å². The molecule has 7 heteroatoms. The molecule has 1 saturated heterocycles. The van der Waals surface area contributed by atoms with E-state index in [0.717, 1.165) is 37.2 Å². The Balaban J connectivity index is 1.30. The molecule has 0 aliphatic carbocycles. The number of hydrogen-bond acceptors (Lipinski definition) is 5. The van der Waals surface area contributed by atoms with Gasteiger partial charge in [0.25, 0.3) is 0 Å². The lowest BCUT2D eigenvalue weighted by atomic mass is 9.95. The normalized spacial score (nSPS) is 15.4. The summed E-state index contributed by atoms with van der Waals surface area (Å²) in [6.45, 7) is 6.38. The first-order chi connectivity index (χ1) is 15.0. The van der Waals surface area contributed by atoms with Crippen LogP contribution in [0.1, 0.15) is 44.1 Å². The smallest absolute Gasteiger partial charge is 0.241 e. The first-order valence-electron chi connectivity index (χ1n) is 10.7. The van der Waals surface area contributed by atoms with Crippen LogP contribution in [0.15, 0.2) is 53.1 Å². The SMILES string of the molecule is CC(C)c1ccccc1NC(=O)C1CCN(Cc2nc(-c3ccc(F)cc3)no2)CC1. The first kappa shape index (κ1) is 21.2. The topological polar surface area (TPSA) is 71.3 Å². The number of carbonyl (C=O) groups excluding carboxylic acids is 1. The van der Waals surface area contributed by atoms with Gasteiger partial charge in [-0.2, -0.15) is 4.98 Å². The lowest BCUT2D eigenvalue weighted by Crippen LogP contribution is -2.38. The fourth-order valence-corrected chi connectivity index (χ4v) is 3.93. The van der Waals surface area contributed by atoms with Crippen LogP contribution >= 0.6 is 0 Å². The summed E-state index contributed by atoms with van der Waals surface area (Å²) < 4.78 is 18.4. The number of likely N-dealkylation sites (tertiary alicyclic amines) is 1. The van der Waals surface area contributed by atoms with Crippen molar-refractivity contribution >= 4 is 11.6 Å². The number of nitrogens with one attached hydrogen (secondary N) is 1. The first-order valence-corrected chi connectivity index (χ1v) is 10.7. The van der Waals surface area contributed by atoms with Gasteiger partial charge in [-0.1, -0.05) is 37.2 Å². The van der Waals surface area contributed by atoms with E-state index in [4.69, 9.17) is 4.52 Å². The number of aromatic nitrogens is 2. The summed E-state index contributed by atoms with van der Waals surface area (Å²) >= 11 is 0. The second kappa shape index (κ2) is 9.39. The number of piperidine rings is 1. The van der Waals surface area contributed by atoms with Crippen molar-refractivity contribution in [1.82, 2.24) is 15.0 Å². The van der Waals surface area contributed by atoms with Crippen molar-refractivity contribution < 1.29 is 13.7 Å². The van der Waals surface area contributed by atoms with Crippen LogP contribution in [0.3, 0.4) is 0 Å². The molecule has 162 valence electrons. The molecular weight excluding hydrogens is 395 g/mol. The lowest BCUT2D eigenvalue weighted by molar-refractivity contribution is -0.121. The number of anilines is 1. The maximum atomic E-state index is 13.1. The Kier molecular flexibility index (Phi) is 6.42. The van der Waals surface area contributed by atoms with Crippen LogP contribution in [0.2, 0.25) is 0 Å². The average Bonchev–Trinajstić information content (AvgIpc) is 3.23. The number of halogens is 1. The Morgan fingerprint density at radius 3 is 2.58 bits per heavy atom. The Bertz CT molecular complexity index is 1020. The average molecular weight is 423 g/mol. The van der Waals surface area contributed by atoms with Crippen molar-refractivity contribution in [3.8, 4) is 11.4 Å². The van der Waals surface area contributed by atoms with E-state index >= 15 is 0 Å². The summed E-state index contributed by atoms with van der Waals surface area (Å²) in [5.74, 6) is 1.11. The molecule has 1 aliphatic heterocycles. The number of carbonyl (C=O) groups is 1. The van der Waals surface area contributed by atoms with Crippen LogP contribution in [-0.2, 0) is 11.3 Å². The minimum absolute atomic E-state index is 0.00562. The van der Waals surface area contributed by atoms with Crippen LogP contribution < -0.4 is 5.32 Å². The number of amides is 1. The Morgan fingerprint density at radius 1 is 1.16 bits per heavy atom.